The van der Waals surface area contributed by atoms with Gasteiger partial charge in [0.05, 0.1) is 11.0 Å². The van der Waals surface area contributed by atoms with Crippen LogP contribution < -0.4 is 4.90 Å². The van der Waals surface area contributed by atoms with Crippen molar-refractivity contribution >= 4 is 38.9 Å². The summed E-state index contributed by atoms with van der Waals surface area (Å²) in [5.74, 6) is 3.28. The SMILES string of the molecule is CC1(C)c2cc(N(c3ccc(C4CCCCC4)cc3)c3ccc(C4CC5CCC4C5)cc3)ccc2-c2ccc3c(c21)c1ccccc1n3-c1ccccc1. The van der Waals surface area contributed by atoms with Crippen LogP contribution in [0.5, 0.6) is 0 Å². The van der Waals surface area contributed by atoms with Crippen molar-refractivity contribution in [3.63, 3.8) is 0 Å². The van der Waals surface area contributed by atoms with Gasteiger partial charge in [-0.2, -0.15) is 0 Å². The molecule has 11 rings (SSSR count). The molecule has 268 valence electrons. The third-order valence-corrected chi connectivity index (χ3v) is 14.2. The van der Waals surface area contributed by atoms with Gasteiger partial charge < -0.3 is 9.47 Å². The fourth-order valence-electron chi connectivity index (χ4n) is 11.6. The number of rotatable bonds is 6. The Kier molecular flexibility index (Phi) is 7.48. The van der Waals surface area contributed by atoms with Crippen LogP contribution >= 0.6 is 0 Å². The number of hydrogen-bond acceptors (Lipinski definition) is 1. The lowest BCUT2D eigenvalue weighted by atomic mass is 9.80. The zero-order valence-electron chi connectivity index (χ0n) is 31.8. The quantitative estimate of drug-likeness (QED) is 0.167. The Labute approximate surface area is 320 Å². The number of benzene rings is 6. The van der Waals surface area contributed by atoms with Crippen LogP contribution in [0, 0.1) is 11.8 Å². The van der Waals surface area contributed by atoms with Crippen LogP contribution in [0.2, 0.25) is 0 Å². The van der Waals surface area contributed by atoms with Crippen LogP contribution in [0.1, 0.15) is 106 Å². The molecule has 3 atom stereocenters. The lowest BCUT2D eigenvalue weighted by Gasteiger charge is -2.29. The standard InChI is InChI=1S/C52H50N2/c1-52(2)47-33-42(27-28-43(47)44-29-30-49-50(51(44)52)45-15-9-10-16-48(45)54(49)39-13-7-4-8-14-39)53(40-23-19-36(20-24-40)35-11-5-3-6-12-35)41-25-21-37(22-26-41)46-32-34-17-18-38(46)31-34/h4,7-10,13-16,19-30,33-35,38,46H,3,5-6,11-12,17-18,31-32H2,1-2H3. The van der Waals surface area contributed by atoms with Crippen molar-refractivity contribution in [3.8, 4) is 16.8 Å². The maximum absolute atomic E-state index is 2.52. The second-order valence-corrected chi connectivity index (χ2v) is 17.6. The van der Waals surface area contributed by atoms with Crippen molar-refractivity contribution in [3.05, 3.63) is 156 Å². The lowest BCUT2D eigenvalue weighted by Crippen LogP contribution is -2.17. The first kappa shape index (κ1) is 32.4. The van der Waals surface area contributed by atoms with Crippen molar-refractivity contribution in [2.45, 2.75) is 88.9 Å². The second kappa shape index (κ2) is 12.5. The molecular weight excluding hydrogens is 653 g/mol. The third kappa shape index (κ3) is 4.98. The number of para-hydroxylation sites is 2. The summed E-state index contributed by atoms with van der Waals surface area (Å²) in [5.41, 5.74) is 15.9. The predicted molar refractivity (Wildman–Crippen MR) is 227 cm³/mol. The topological polar surface area (TPSA) is 8.17 Å². The number of anilines is 3. The van der Waals surface area contributed by atoms with E-state index in [2.05, 4.69) is 157 Å². The molecule has 3 fully saturated rings. The first-order valence-electron chi connectivity index (χ1n) is 20.8. The second-order valence-electron chi connectivity index (χ2n) is 17.6. The lowest BCUT2D eigenvalue weighted by molar-refractivity contribution is 0.420. The molecule has 4 aliphatic carbocycles. The average Bonchev–Trinajstić information content (AvgIpc) is 3.99. The molecule has 0 amide bonds. The Morgan fingerprint density at radius 3 is 1.98 bits per heavy atom. The molecule has 1 aromatic heterocycles. The van der Waals surface area contributed by atoms with Crippen LogP contribution in [0.3, 0.4) is 0 Å². The molecule has 1 heterocycles. The van der Waals surface area contributed by atoms with Crippen molar-refractivity contribution in [1.29, 1.82) is 0 Å². The summed E-state index contributed by atoms with van der Waals surface area (Å²) in [4.78, 5) is 2.52. The van der Waals surface area contributed by atoms with Crippen LogP contribution in [-0.2, 0) is 5.41 Å². The van der Waals surface area contributed by atoms with E-state index in [0.29, 0.717) is 5.92 Å². The minimum Gasteiger partial charge on any atom is -0.310 e. The highest BCUT2D eigenvalue weighted by Crippen LogP contribution is 2.56. The summed E-state index contributed by atoms with van der Waals surface area (Å²) in [6.07, 6.45) is 12.5. The monoisotopic (exact) mass is 702 g/mol. The van der Waals surface area contributed by atoms with Crippen molar-refractivity contribution in [2.24, 2.45) is 11.8 Å². The molecule has 0 spiro atoms. The number of aromatic nitrogens is 1. The first-order chi connectivity index (χ1) is 26.5. The predicted octanol–water partition coefficient (Wildman–Crippen LogP) is 14.5. The molecule has 6 aromatic carbocycles. The fraction of sp³-hybridized carbons (Fsp3) is 0.308. The van der Waals surface area contributed by atoms with E-state index < -0.39 is 0 Å². The Morgan fingerprint density at radius 1 is 0.574 bits per heavy atom. The summed E-state index contributed by atoms with van der Waals surface area (Å²) in [5, 5.41) is 2.70. The highest BCUT2D eigenvalue weighted by molar-refractivity contribution is 6.14. The van der Waals surface area contributed by atoms with Crippen LogP contribution in [0.4, 0.5) is 17.1 Å². The van der Waals surface area contributed by atoms with Gasteiger partial charge in [0.2, 0.25) is 0 Å². The van der Waals surface area contributed by atoms with Gasteiger partial charge in [0.25, 0.3) is 0 Å². The van der Waals surface area contributed by atoms with E-state index in [1.54, 1.807) is 5.56 Å². The molecule has 0 saturated heterocycles. The van der Waals surface area contributed by atoms with E-state index in [0.717, 1.165) is 17.8 Å². The van der Waals surface area contributed by atoms with E-state index in [9.17, 15) is 0 Å². The zero-order valence-corrected chi connectivity index (χ0v) is 31.8. The zero-order chi connectivity index (χ0) is 36.0. The maximum Gasteiger partial charge on any atom is 0.0544 e. The van der Waals surface area contributed by atoms with Gasteiger partial charge in [0, 0.05) is 38.9 Å². The summed E-state index contributed by atoms with van der Waals surface area (Å²) in [6, 6.07) is 51.2. The molecule has 7 aromatic rings. The Balaban J connectivity index is 1.03. The minimum absolute atomic E-state index is 0.187. The maximum atomic E-state index is 2.52. The smallest absolute Gasteiger partial charge is 0.0544 e. The Bertz CT molecular complexity index is 2510. The molecule has 3 unspecified atom stereocenters. The molecule has 0 radical (unpaired) electrons. The van der Waals surface area contributed by atoms with Crippen molar-refractivity contribution < 1.29 is 0 Å². The molecule has 3 saturated carbocycles. The molecule has 0 aliphatic heterocycles. The molecule has 54 heavy (non-hydrogen) atoms. The number of hydrogen-bond donors (Lipinski definition) is 0. The van der Waals surface area contributed by atoms with Crippen molar-refractivity contribution in [2.75, 3.05) is 4.90 Å². The van der Waals surface area contributed by atoms with E-state index in [1.165, 1.54) is 130 Å². The fourth-order valence-corrected chi connectivity index (χ4v) is 11.6. The van der Waals surface area contributed by atoms with Gasteiger partial charge in [-0.05, 0) is 150 Å². The largest absolute Gasteiger partial charge is 0.310 e. The van der Waals surface area contributed by atoms with Crippen LogP contribution in [0.15, 0.2) is 133 Å². The third-order valence-electron chi connectivity index (χ3n) is 14.2. The van der Waals surface area contributed by atoms with Crippen molar-refractivity contribution in [1.82, 2.24) is 4.57 Å². The van der Waals surface area contributed by atoms with Gasteiger partial charge in [0.1, 0.15) is 0 Å². The van der Waals surface area contributed by atoms with Gasteiger partial charge in [-0.15, -0.1) is 0 Å². The molecular formula is C52H50N2. The number of nitrogens with zero attached hydrogens (tertiary/aromatic N) is 2. The average molecular weight is 703 g/mol. The number of fused-ring (bicyclic) bond motifs is 9. The van der Waals surface area contributed by atoms with E-state index in [4.69, 9.17) is 0 Å². The molecule has 4 aliphatic rings. The van der Waals surface area contributed by atoms with Gasteiger partial charge in [-0.25, -0.2) is 0 Å². The van der Waals surface area contributed by atoms with Crippen LogP contribution in [0.25, 0.3) is 38.6 Å². The molecule has 2 heteroatoms. The first-order valence-corrected chi connectivity index (χ1v) is 20.8. The molecule has 2 bridgehead atoms. The van der Waals surface area contributed by atoms with E-state index >= 15 is 0 Å². The van der Waals surface area contributed by atoms with Gasteiger partial charge in [0.15, 0.2) is 0 Å². The Hall–Kier alpha value is -5.08. The van der Waals surface area contributed by atoms with Gasteiger partial charge >= 0.3 is 0 Å². The molecule has 0 N–H and O–H groups in total. The highest BCUT2D eigenvalue weighted by atomic mass is 15.1. The summed E-state index contributed by atoms with van der Waals surface area (Å²) in [6.45, 7) is 4.89. The van der Waals surface area contributed by atoms with Gasteiger partial charge in [-0.1, -0.05) is 112 Å². The summed E-state index contributed by atoms with van der Waals surface area (Å²) in [7, 11) is 0. The summed E-state index contributed by atoms with van der Waals surface area (Å²) >= 11 is 0. The minimum atomic E-state index is -0.187. The normalized spacial score (nSPS) is 21.5. The Morgan fingerprint density at radius 2 is 1.26 bits per heavy atom. The van der Waals surface area contributed by atoms with Gasteiger partial charge in [-0.3, -0.25) is 0 Å². The highest BCUT2D eigenvalue weighted by Gasteiger charge is 2.41. The van der Waals surface area contributed by atoms with E-state index in [1.807, 2.05) is 0 Å². The van der Waals surface area contributed by atoms with Crippen LogP contribution in [-0.4, -0.2) is 4.57 Å². The van der Waals surface area contributed by atoms with E-state index in [-0.39, 0.29) is 5.41 Å². The summed E-state index contributed by atoms with van der Waals surface area (Å²) < 4.78 is 2.45. The molecule has 2 nitrogen and oxygen atoms in total.